The van der Waals surface area contributed by atoms with Crippen LogP contribution in [-0.4, -0.2) is 24.2 Å². The fourth-order valence-corrected chi connectivity index (χ4v) is 1.68. The molecule has 0 spiro atoms. The summed E-state index contributed by atoms with van der Waals surface area (Å²) in [6.07, 6.45) is 0. The summed E-state index contributed by atoms with van der Waals surface area (Å²) in [5.41, 5.74) is 0.958. The van der Waals surface area contributed by atoms with E-state index in [0.29, 0.717) is 6.54 Å². The standard InChI is InChI=1S/C11H14BrNO2/c1-8(11(15)13-5-6-14)9-3-2-4-10(12)7-9/h2-4,7-8,14H,5-6H2,1H3,(H,13,15). The Labute approximate surface area is 97.6 Å². The van der Waals surface area contributed by atoms with E-state index < -0.39 is 0 Å². The highest BCUT2D eigenvalue weighted by molar-refractivity contribution is 9.10. The van der Waals surface area contributed by atoms with E-state index in [-0.39, 0.29) is 18.4 Å². The number of aliphatic hydroxyl groups is 1. The number of carbonyl (C=O) groups is 1. The number of hydrogen-bond acceptors (Lipinski definition) is 2. The Hall–Kier alpha value is -0.870. The normalized spacial score (nSPS) is 12.2. The molecule has 0 saturated carbocycles. The number of halogens is 1. The van der Waals surface area contributed by atoms with E-state index in [9.17, 15) is 4.79 Å². The van der Waals surface area contributed by atoms with Gasteiger partial charge in [-0.2, -0.15) is 0 Å². The van der Waals surface area contributed by atoms with Gasteiger partial charge in [0.15, 0.2) is 0 Å². The van der Waals surface area contributed by atoms with Crippen LogP contribution in [0.25, 0.3) is 0 Å². The summed E-state index contributed by atoms with van der Waals surface area (Å²) in [5.74, 6) is -0.267. The molecule has 0 radical (unpaired) electrons. The van der Waals surface area contributed by atoms with E-state index in [1.54, 1.807) is 0 Å². The van der Waals surface area contributed by atoms with Gasteiger partial charge >= 0.3 is 0 Å². The van der Waals surface area contributed by atoms with Crippen LogP contribution >= 0.6 is 15.9 Å². The van der Waals surface area contributed by atoms with Crippen LogP contribution in [-0.2, 0) is 4.79 Å². The van der Waals surface area contributed by atoms with Crippen LogP contribution in [0.4, 0.5) is 0 Å². The third-order valence-electron chi connectivity index (χ3n) is 2.15. The highest BCUT2D eigenvalue weighted by Gasteiger charge is 2.14. The monoisotopic (exact) mass is 271 g/mol. The van der Waals surface area contributed by atoms with Gasteiger partial charge in [-0.15, -0.1) is 0 Å². The van der Waals surface area contributed by atoms with E-state index in [2.05, 4.69) is 21.2 Å². The third kappa shape index (κ3) is 3.64. The minimum atomic E-state index is -0.200. The molecule has 4 heteroatoms. The van der Waals surface area contributed by atoms with Gasteiger partial charge in [0.05, 0.1) is 12.5 Å². The molecule has 2 N–H and O–H groups in total. The fraction of sp³-hybridized carbons (Fsp3) is 0.364. The van der Waals surface area contributed by atoms with Crippen molar-refractivity contribution >= 4 is 21.8 Å². The summed E-state index contributed by atoms with van der Waals surface area (Å²) < 4.78 is 0.960. The molecule has 0 aliphatic rings. The van der Waals surface area contributed by atoms with Crippen molar-refractivity contribution in [3.8, 4) is 0 Å². The van der Waals surface area contributed by atoms with Crippen LogP contribution in [0.3, 0.4) is 0 Å². The first-order valence-electron chi connectivity index (χ1n) is 4.79. The molecule has 3 nitrogen and oxygen atoms in total. The van der Waals surface area contributed by atoms with Crippen molar-refractivity contribution in [2.24, 2.45) is 0 Å². The van der Waals surface area contributed by atoms with Crippen molar-refractivity contribution in [1.29, 1.82) is 0 Å². The first-order chi connectivity index (χ1) is 7.15. The van der Waals surface area contributed by atoms with Crippen molar-refractivity contribution < 1.29 is 9.90 Å². The minimum Gasteiger partial charge on any atom is -0.395 e. The van der Waals surface area contributed by atoms with Gasteiger partial charge in [-0.25, -0.2) is 0 Å². The van der Waals surface area contributed by atoms with Gasteiger partial charge in [0.1, 0.15) is 0 Å². The van der Waals surface area contributed by atoms with Gasteiger partial charge < -0.3 is 10.4 Å². The zero-order chi connectivity index (χ0) is 11.3. The molecule has 1 atom stereocenters. The first-order valence-corrected chi connectivity index (χ1v) is 5.58. The molecule has 0 bridgehead atoms. The average molecular weight is 272 g/mol. The fourth-order valence-electron chi connectivity index (χ4n) is 1.26. The Morgan fingerprint density at radius 1 is 1.60 bits per heavy atom. The molecule has 1 aromatic rings. The maximum absolute atomic E-state index is 11.6. The second-order valence-corrected chi connectivity index (χ2v) is 4.21. The molecule has 15 heavy (non-hydrogen) atoms. The summed E-state index contributed by atoms with van der Waals surface area (Å²) in [7, 11) is 0. The molecule has 1 unspecified atom stereocenters. The molecule has 82 valence electrons. The summed E-state index contributed by atoms with van der Waals surface area (Å²) in [6.45, 7) is 2.11. The van der Waals surface area contributed by atoms with Crippen LogP contribution in [0.1, 0.15) is 18.4 Å². The number of rotatable bonds is 4. The third-order valence-corrected chi connectivity index (χ3v) is 2.65. The maximum Gasteiger partial charge on any atom is 0.227 e. The molecule has 0 aliphatic heterocycles. The molecule has 0 fully saturated rings. The lowest BCUT2D eigenvalue weighted by Crippen LogP contribution is -2.30. The number of amides is 1. The number of carbonyl (C=O) groups excluding carboxylic acids is 1. The first kappa shape index (κ1) is 12.2. The molecular formula is C11H14BrNO2. The summed E-state index contributed by atoms with van der Waals surface area (Å²) in [4.78, 5) is 11.6. The van der Waals surface area contributed by atoms with Gasteiger partial charge in [-0.05, 0) is 24.6 Å². The molecule has 0 saturated heterocycles. The topological polar surface area (TPSA) is 49.3 Å². The number of benzene rings is 1. The van der Waals surface area contributed by atoms with Crippen LogP contribution in [0.2, 0.25) is 0 Å². The number of aliphatic hydroxyl groups excluding tert-OH is 1. The average Bonchev–Trinajstić information content (AvgIpc) is 2.24. The SMILES string of the molecule is CC(C(=O)NCCO)c1cccc(Br)c1. The number of hydrogen-bond donors (Lipinski definition) is 2. The zero-order valence-corrected chi connectivity index (χ0v) is 10.1. The van der Waals surface area contributed by atoms with Gasteiger partial charge in [0.2, 0.25) is 5.91 Å². The van der Waals surface area contributed by atoms with Crippen molar-refractivity contribution in [3.63, 3.8) is 0 Å². The van der Waals surface area contributed by atoms with E-state index in [1.807, 2.05) is 31.2 Å². The molecule has 0 aliphatic carbocycles. The van der Waals surface area contributed by atoms with Crippen LogP contribution in [0.5, 0.6) is 0 Å². The maximum atomic E-state index is 11.6. The molecule has 1 amide bonds. The highest BCUT2D eigenvalue weighted by atomic mass is 79.9. The lowest BCUT2D eigenvalue weighted by Gasteiger charge is -2.11. The van der Waals surface area contributed by atoms with Crippen LogP contribution < -0.4 is 5.32 Å². The van der Waals surface area contributed by atoms with E-state index >= 15 is 0 Å². The summed E-state index contributed by atoms with van der Waals surface area (Å²) in [5, 5.41) is 11.2. The molecule has 0 heterocycles. The lowest BCUT2D eigenvalue weighted by atomic mass is 10.0. The molecule has 1 aromatic carbocycles. The molecule has 0 aromatic heterocycles. The highest BCUT2D eigenvalue weighted by Crippen LogP contribution is 2.19. The quantitative estimate of drug-likeness (QED) is 0.875. The van der Waals surface area contributed by atoms with Crippen molar-refractivity contribution in [1.82, 2.24) is 5.32 Å². The predicted molar refractivity (Wildman–Crippen MR) is 62.7 cm³/mol. The molecule has 1 rings (SSSR count). The van der Waals surface area contributed by atoms with Crippen molar-refractivity contribution in [3.05, 3.63) is 34.3 Å². The van der Waals surface area contributed by atoms with Gasteiger partial charge in [0, 0.05) is 11.0 Å². The van der Waals surface area contributed by atoms with E-state index in [1.165, 1.54) is 0 Å². The van der Waals surface area contributed by atoms with E-state index in [0.717, 1.165) is 10.0 Å². The predicted octanol–water partition coefficient (Wildman–Crippen LogP) is 1.66. The molecular weight excluding hydrogens is 258 g/mol. The second kappa shape index (κ2) is 5.88. The van der Waals surface area contributed by atoms with E-state index in [4.69, 9.17) is 5.11 Å². The van der Waals surface area contributed by atoms with Crippen LogP contribution in [0.15, 0.2) is 28.7 Å². The van der Waals surface area contributed by atoms with Gasteiger partial charge in [0.25, 0.3) is 0 Å². The Balaban J connectivity index is 2.67. The zero-order valence-electron chi connectivity index (χ0n) is 8.53. The van der Waals surface area contributed by atoms with Crippen LogP contribution in [0, 0.1) is 0 Å². The van der Waals surface area contributed by atoms with Crippen molar-refractivity contribution in [2.45, 2.75) is 12.8 Å². The summed E-state index contributed by atoms with van der Waals surface area (Å²) in [6, 6.07) is 7.65. The Morgan fingerprint density at radius 3 is 2.93 bits per heavy atom. The Morgan fingerprint density at radius 2 is 2.33 bits per heavy atom. The smallest absolute Gasteiger partial charge is 0.227 e. The second-order valence-electron chi connectivity index (χ2n) is 3.29. The van der Waals surface area contributed by atoms with Gasteiger partial charge in [-0.3, -0.25) is 4.79 Å². The van der Waals surface area contributed by atoms with Gasteiger partial charge in [-0.1, -0.05) is 28.1 Å². The van der Waals surface area contributed by atoms with Crippen molar-refractivity contribution in [2.75, 3.05) is 13.2 Å². The number of nitrogens with one attached hydrogen (secondary N) is 1. The Bertz CT molecular complexity index is 341. The largest absolute Gasteiger partial charge is 0.395 e. The minimum absolute atomic E-state index is 0.0308. The lowest BCUT2D eigenvalue weighted by molar-refractivity contribution is -0.122. The Kier molecular flexibility index (Phi) is 4.78. The summed E-state index contributed by atoms with van der Waals surface area (Å²) >= 11 is 3.36.